The predicted molar refractivity (Wildman–Crippen MR) is 93.8 cm³/mol. The fourth-order valence-electron chi connectivity index (χ4n) is 3.30. The zero-order chi connectivity index (χ0) is 17.1. The van der Waals surface area contributed by atoms with Gasteiger partial charge in [-0.15, -0.1) is 0 Å². The van der Waals surface area contributed by atoms with E-state index in [9.17, 15) is 9.59 Å². The van der Waals surface area contributed by atoms with Crippen molar-refractivity contribution in [1.82, 2.24) is 15.3 Å². The number of benzene rings is 1. The van der Waals surface area contributed by atoms with Gasteiger partial charge in [0.15, 0.2) is 0 Å². The summed E-state index contributed by atoms with van der Waals surface area (Å²) < 4.78 is 0. The summed E-state index contributed by atoms with van der Waals surface area (Å²) in [7, 11) is 0. The maximum atomic E-state index is 12.1. The first-order chi connectivity index (χ1) is 11.5. The molecule has 24 heavy (non-hydrogen) atoms. The predicted octanol–water partition coefficient (Wildman–Crippen LogP) is 3.07. The van der Waals surface area contributed by atoms with Crippen molar-refractivity contribution in [3.8, 4) is 0 Å². The summed E-state index contributed by atoms with van der Waals surface area (Å²) in [5.41, 5.74) is 2.55. The molecule has 0 aliphatic heterocycles. The number of amides is 2. The van der Waals surface area contributed by atoms with Crippen molar-refractivity contribution in [2.75, 3.05) is 5.32 Å². The molecule has 128 valence electrons. The lowest BCUT2D eigenvalue weighted by atomic mass is 9.89. The summed E-state index contributed by atoms with van der Waals surface area (Å²) in [5.74, 6) is 1.11. The Morgan fingerprint density at radius 1 is 1.25 bits per heavy atom. The number of imidazole rings is 1. The highest BCUT2D eigenvalue weighted by molar-refractivity contribution is 5.97. The number of H-pyrrole nitrogens is 1. The van der Waals surface area contributed by atoms with Gasteiger partial charge in [-0.25, -0.2) is 4.98 Å². The first kappa shape index (κ1) is 16.5. The lowest BCUT2D eigenvalue weighted by Crippen LogP contribution is -2.40. The van der Waals surface area contributed by atoms with Crippen molar-refractivity contribution in [2.24, 2.45) is 0 Å². The van der Waals surface area contributed by atoms with Crippen LogP contribution in [0.5, 0.6) is 0 Å². The molecule has 2 aromatic rings. The Morgan fingerprint density at radius 2 is 2.00 bits per heavy atom. The summed E-state index contributed by atoms with van der Waals surface area (Å²) in [5, 5.41) is 5.40. The van der Waals surface area contributed by atoms with Gasteiger partial charge in [0.1, 0.15) is 11.9 Å². The quantitative estimate of drug-likeness (QED) is 0.806. The van der Waals surface area contributed by atoms with E-state index in [-0.39, 0.29) is 11.8 Å². The largest absolute Gasteiger partial charge is 0.345 e. The molecule has 0 unspecified atom stereocenters. The number of carbonyl (C=O) groups excluding carboxylic acids is 2. The molecule has 1 saturated carbocycles. The van der Waals surface area contributed by atoms with Gasteiger partial charge in [-0.1, -0.05) is 19.3 Å². The zero-order valence-corrected chi connectivity index (χ0v) is 14.2. The first-order valence-electron chi connectivity index (χ1n) is 8.60. The third kappa shape index (κ3) is 3.75. The number of aromatic nitrogens is 2. The number of carbonyl (C=O) groups is 2. The van der Waals surface area contributed by atoms with Crippen LogP contribution in [0.1, 0.15) is 57.7 Å². The van der Waals surface area contributed by atoms with E-state index in [1.54, 1.807) is 6.92 Å². The van der Waals surface area contributed by atoms with Crippen molar-refractivity contribution in [3.63, 3.8) is 0 Å². The molecule has 6 heteroatoms. The Balaban J connectivity index is 1.73. The minimum absolute atomic E-state index is 0.223. The first-order valence-corrected chi connectivity index (χ1v) is 8.60. The van der Waals surface area contributed by atoms with Gasteiger partial charge in [0.2, 0.25) is 11.8 Å². The van der Waals surface area contributed by atoms with Crippen LogP contribution in [-0.4, -0.2) is 27.8 Å². The highest BCUT2D eigenvalue weighted by Gasteiger charge is 2.19. The Bertz CT molecular complexity index is 747. The molecule has 6 nitrogen and oxygen atoms in total. The van der Waals surface area contributed by atoms with E-state index in [0.717, 1.165) is 16.9 Å². The van der Waals surface area contributed by atoms with Gasteiger partial charge in [-0.05, 0) is 38.0 Å². The molecule has 3 rings (SSSR count). The maximum absolute atomic E-state index is 12.1. The standard InChI is InChI=1S/C18H24N4O2/c1-11(19-12(2)23)18(24)20-14-8-9-15-16(10-14)22-17(21-15)13-6-4-3-5-7-13/h8-11,13H,3-7H2,1-2H3,(H,19,23)(H,20,24)(H,21,22)/t11-/m0/s1. The van der Waals surface area contributed by atoms with E-state index in [4.69, 9.17) is 4.98 Å². The molecule has 1 aromatic carbocycles. The molecule has 2 amide bonds. The van der Waals surface area contributed by atoms with Crippen molar-refractivity contribution >= 4 is 28.5 Å². The van der Waals surface area contributed by atoms with Gasteiger partial charge in [-0.3, -0.25) is 9.59 Å². The van der Waals surface area contributed by atoms with Gasteiger partial charge >= 0.3 is 0 Å². The molecule has 0 radical (unpaired) electrons. The molecule has 1 heterocycles. The van der Waals surface area contributed by atoms with Crippen molar-refractivity contribution in [1.29, 1.82) is 0 Å². The number of nitrogens with one attached hydrogen (secondary N) is 3. The number of hydrogen-bond donors (Lipinski definition) is 3. The lowest BCUT2D eigenvalue weighted by molar-refractivity contribution is -0.124. The van der Waals surface area contributed by atoms with E-state index in [0.29, 0.717) is 11.6 Å². The molecular formula is C18H24N4O2. The number of anilines is 1. The molecule has 0 bridgehead atoms. The average Bonchev–Trinajstić information content (AvgIpc) is 2.98. The maximum Gasteiger partial charge on any atom is 0.246 e. The van der Waals surface area contributed by atoms with Crippen molar-refractivity contribution in [2.45, 2.75) is 57.9 Å². The van der Waals surface area contributed by atoms with E-state index >= 15 is 0 Å². The number of hydrogen-bond acceptors (Lipinski definition) is 3. The van der Waals surface area contributed by atoms with Crippen LogP contribution in [0.3, 0.4) is 0 Å². The Morgan fingerprint density at radius 3 is 2.71 bits per heavy atom. The SMILES string of the molecule is CC(=O)N[C@@H](C)C(=O)Nc1ccc2nc(C3CCCCC3)[nH]c2c1. The molecule has 1 aliphatic carbocycles. The molecular weight excluding hydrogens is 304 g/mol. The topological polar surface area (TPSA) is 86.9 Å². The number of aromatic amines is 1. The number of nitrogens with zero attached hydrogens (tertiary/aromatic N) is 1. The molecule has 0 saturated heterocycles. The number of fused-ring (bicyclic) bond motifs is 1. The van der Waals surface area contributed by atoms with E-state index in [2.05, 4.69) is 15.6 Å². The molecule has 1 aliphatic rings. The van der Waals surface area contributed by atoms with Gasteiger partial charge in [0.05, 0.1) is 11.0 Å². The zero-order valence-electron chi connectivity index (χ0n) is 14.2. The Hall–Kier alpha value is -2.37. The second kappa shape index (κ2) is 7.03. The highest BCUT2D eigenvalue weighted by Crippen LogP contribution is 2.32. The van der Waals surface area contributed by atoms with Gasteiger partial charge in [0, 0.05) is 18.5 Å². The Labute approximate surface area is 141 Å². The van der Waals surface area contributed by atoms with Gasteiger partial charge in [0.25, 0.3) is 0 Å². The summed E-state index contributed by atoms with van der Waals surface area (Å²) in [6, 6.07) is 5.08. The third-order valence-electron chi connectivity index (χ3n) is 4.57. The van der Waals surface area contributed by atoms with Crippen LogP contribution in [-0.2, 0) is 9.59 Å². The van der Waals surface area contributed by atoms with Crippen molar-refractivity contribution in [3.05, 3.63) is 24.0 Å². The normalized spacial score (nSPS) is 16.8. The molecule has 1 atom stereocenters. The molecule has 3 N–H and O–H groups in total. The van der Waals surface area contributed by atoms with Crippen molar-refractivity contribution < 1.29 is 9.59 Å². The van der Waals surface area contributed by atoms with Crippen LogP contribution < -0.4 is 10.6 Å². The fourth-order valence-corrected chi connectivity index (χ4v) is 3.30. The minimum atomic E-state index is -0.572. The highest BCUT2D eigenvalue weighted by atomic mass is 16.2. The lowest BCUT2D eigenvalue weighted by Gasteiger charge is -2.18. The van der Waals surface area contributed by atoms with Crippen LogP contribution in [0.2, 0.25) is 0 Å². The smallest absolute Gasteiger partial charge is 0.246 e. The summed E-state index contributed by atoms with van der Waals surface area (Å²) in [4.78, 5) is 31.2. The van der Waals surface area contributed by atoms with Crippen LogP contribution >= 0.6 is 0 Å². The molecule has 0 spiro atoms. The van der Waals surface area contributed by atoms with E-state index in [1.165, 1.54) is 39.0 Å². The molecule has 1 aromatic heterocycles. The Kier molecular flexibility index (Phi) is 4.83. The third-order valence-corrected chi connectivity index (χ3v) is 4.57. The van der Waals surface area contributed by atoms with Gasteiger partial charge in [-0.2, -0.15) is 0 Å². The molecule has 1 fully saturated rings. The second-order valence-corrected chi connectivity index (χ2v) is 6.60. The van der Waals surface area contributed by atoms with Crippen LogP contribution in [0.25, 0.3) is 11.0 Å². The van der Waals surface area contributed by atoms with Gasteiger partial charge < -0.3 is 15.6 Å². The van der Waals surface area contributed by atoms with Crippen LogP contribution in [0.4, 0.5) is 5.69 Å². The van der Waals surface area contributed by atoms with E-state index < -0.39 is 6.04 Å². The average molecular weight is 328 g/mol. The monoisotopic (exact) mass is 328 g/mol. The summed E-state index contributed by atoms with van der Waals surface area (Å²) in [6.45, 7) is 3.06. The van der Waals surface area contributed by atoms with Crippen LogP contribution in [0, 0.1) is 0 Å². The summed E-state index contributed by atoms with van der Waals surface area (Å²) in [6.07, 6.45) is 6.24. The minimum Gasteiger partial charge on any atom is -0.345 e. The van der Waals surface area contributed by atoms with Crippen LogP contribution in [0.15, 0.2) is 18.2 Å². The summed E-state index contributed by atoms with van der Waals surface area (Å²) >= 11 is 0. The van der Waals surface area contributed by atoms with E-state index in [1.807, 2.05) is 18.2 Å². The number of rotatable bonds is 4. The second-order valence-electron chi connectivity index (χ2n) is 6.60. The fraction of sp³-hybridized carbons (Fsp3) is 0.500.